The van der Waals surface area contributed by atoms with E-state index in [1.54, 1.807) is 0 Å². The van der Waals surface area contributed by atoms with Crippen molar-refractivity contribution >= 4 is 46.2 Å². The van der Waals surface area contributed by atoms with E-state index in [9.17, 15) is 0 Å². The average molecular weight is 1270 g/mol. The summed E-state index contributed by atoms with van der Waals surface area (Å²) in [4.78, 5) is 0. The molecule has 4 aliphatic heterocycles. The molecule has 0 N–H and O–H groups in total. The van der Waals surface area contributed by atoms with Crippen LogP contribution in [0.4, 0.5) is 0 Å². The normalized spacial score (nSPS) is 12.7. The summed E-state index contributed by atoms with van der Waals surface area (Å²) < 4.78 is 36.0. The topological polar surface area (TPSA) is 85.7 Å². The Kier molecular flexibility index (Phi) is 10.3. The molecule has 71 heavy (non-hydrogen) atoms. The minimum Gasteiger partial charge on any atom is -0.631 e. The number of ether oxygens (including phenoxy) is 4. The first-order valence-electron chi connectivity index (χ1n) is 22.5. The van der Waals surface area contributed by atoms with Gasteiger partial charge in [-0.1, -0.05) is 78.6 Å². The Morgan fingerprint density at radius 3 is 1.28 bits per heavy atom. The maximum atomic E-state index is 6.54. The molecule has 0 saturated heterocycles. The molecule has 7 heterocycles. The first kappa shape index (κ1) is 43.2. The zero-order valence-corrected chi connectivity index (χ0v) is 41.3. The number of benzene rings is 8. The quantitative estimate of drug-likeness (QED) is 0.122. The van der Waals surface area contributed by atoms with Crippen molar-refractivity contribution in [3.8, 4) is 102 Å². The van der Waals surface area contributed by atoms with Crippen LogP contribution in [-0.4, -0.2) is 33.0 Å². The molecule has 0 amide bonds. The third kappa shape index (κ3) is 7.01. The van der Waals surface area contributed by atoms with Gasteiger partial charge in [-0.15, -0.1) is 82.2 Å². The van der Waals surface area contributed by atoms with E-state index in [2.05, 4.69) is 60.9 Å². The molecular weight excluding hydrogens is 1240 g/mol. The van der Waals surface area contributed by atoms with Crippen LogP contribution >= 0.6 is 0 Å². The average Bonchev–Trinajstić information content (AvgIpc) is 4.22. The summed E-state index contributed by atoms with van der Waals surface area (Å²) in [7, 11) is 0. The minimum absolute atomic E-state index is 0. The molecule has 0 atom stereocenters. The van der Waals surface area contributed by atoms with Crippen molar-refractivity contribution in [2.75, 3.05) is 0 Å². The second kappa shape index (κ2) is 16.9. The molecule has 0 unspecified atom stereocenters. The Morgan fingerprint density at radius 2 is 0.803 bits per heavy atom. The molecule has 4 aliphatic rings. The third-order valence-electron chi connectivity index (χ3n) is 13.3. The molecule has 15 rings (SSSR count). The molecule has 8 aromatic carbocycles. The second-order valence-electron chi connectivity index (χ2n) is 17.3. The fraction of sp³-hybridized carbons (Fsp3) is 0. The first-order valence-corrected chi connectivity index (χ1v) is 22.5. The van der Waals surface area contributed by atoms with E-state index in [1.165, 1.54) is 0 Å². The number of nitrogens with zero attached hydrogens (tertiary/aromatic N) is 4. The molecule has 0 bridgehead atoms. The molecule has 0 radical (unpaired) electrons. The molecule has 0 saturated carbocycles. The van der Waals surface area contributed by atoms with Crippen molar-refractivity contribution in [1.82, 2.24) is 19.6 Å². The summed E-state index contributed by atoms with van der Waals surface area (Å²) in [6, 6.07) is 66.2. The van der Waals surface area contributed by atoms with Crippen molar-refractivity contribution in [2.24, 2.45) is 0 Å². The van der Waals surface area contributed by atoms with Crippen LogP contribution in [0.1, 0.15) is 0 Å². The van der Waals surface area contributed by atoms with Crippen LogP contribution < -0.4 is 51.7 Å². The van der Waals surface area contributed by atoms with Gasteiger partial charge in [0.25, 0.3) is 0 Å². The first-order chi connectivity index (χ1) is 34.1. The van der Waals surface area contributed by atoms with Crippen molar-refractivity contribution < 1.29 is 65.5 Å². The zero-order valence-electron chi connectivity index (χ0n) is 36.8. The van der Waals surface area contributed by atoms with E-state index in [4.69, 9.17) is 33.6 Å². The van der Waals surface area contributed by atoms with Crippen LogP contribution in [-0.2, 0) is 42.1 Å². The monoisotopic (exact) mass is 1270 g/mol. The zero-order chi connectivity index (χ0) is 45.2. The molecule has 0 fully saturated rings. The van der Waals surface area contributed by atoms with Crippen LogP contribution in [0, 0.1) is 36.6 Å². The van der Waals surface area contributed by atoms with Gasteiger partial charge in [0.2, 0.25) is 13.4 Å². The number of hydrogen-bond acceptors (Lipinski definition) is 7. The maximum absolute atomic E-state index is 6.54. The number of furan rings is 1. The van der Waals surface area contributed by atoms with Gasteiger partial charge >= 0.3 is 0 Å². The predicted octanol–water partition coefficient (Wildman–Crippen LogP) is 8.57. The van der Waals surface area contributed by atoms with Crippen LogP contribution in [0.25, 0.3) is 56.1 Å². The summed E-state index contributed by atoms with van der Waals surface area (Å²) in [5.41, 5.74) is 13.0. The summed E-state index contributed by atoms with van der Waals surface area (Å²) in [5.74, 6) is 6.17. The summed E-state index contributed by atoms with van der Waals surface area (Å²) in [6.07, 6.45) is 10.9. The smallest absolute Gasteiger partial charge is 0.214 e. The fourth-order valence-corrected chi connectivity index (χ4v) is 10.0. The fourth-order valence-electron chi connectivity index (χ4n) is 10.0. The van der Waals surface area contributed by atoms with Gasteiger partial charge in [-0.25, -0.2) is 12.1 Å². The van der Waals surface area contributed by atoms with E-state index in [1.807, 2.05) is 155 Å². The van der Waals surface area contributed by atoms with Crippen LogP contribution in [0.3, 0.4) is 0 Å². The Hall–Kier alpha value is -7.83. The van der Waals surface area contributed by atoms with Crippen LogP contribution in [0.2, 0.25) is 0 Å². The predicted molar refractivity (Wildman–Crippen MR) is 263 cm³/mol. The van der Waals surface area contributed by atoms with Gasteiger partial charge in [0, 0.05) is 99.6 Å². The van der Waals surface area contributed by atoms with Crippen molar-refractivity contribution in [1.29, 1.82) is 0 Å². The van der Waals surface area contributed by atoms with Crippen molar-refractivity contribution in [3.05, 3.63) is 207 Å². The minimum atomic E-state index is -0.299. The van der Waals surface area contributed by atoms with Crippen LogP contribution in [0.5, 0.6) is 46.0 Å². The van der Waals surface area contributed by atoms with Gasteiger partial charge in [0.15, 0.2) is 0 Å². The SMILES string of the molecule is [Pt].[Pt].[c-]1oc(-c2[c-]c3c(cc2)Oc2cccc4c2B3c2[c-]c(-n3cc(-c5ccccc5)cn3)ccc2O4)[c-]c1-c1[c-]c2c(cc1)Oc1cccc3c1B2c1[c-]c(-n2cc(-c4ccccc4)cn2)ccc1O3. The second-order valence-corrected chi connectivity index (χ2v) is 17.3. The third-order valence-corrected chi connectivity index (χ3v) is 13.3. The van der Waals surface area contributed by atoms with Gasteiger partial charge in [0.05, 0.1) is 12.4 Å². The van der Waals surface area contributed by atoms with E-state index in [0.717, 1.165) is 95.0 Å². The Morgan fingerprint density at radius 1 is 0.380 bits per heavy atom. The molecule has 3 aromatic heterocycles. The summed E-state index contributed by atoms with van der Waals surface area (Å²) in [6.45, 7) is -0.591. The molecule has 0 spiro atoms. The van der Waals surface area contributed by atoms with Gasteiger partial charge in [-0.3, -0.25) is 9.36 Å². The van der Waals surface area contributed by atoms with Gasteiger partial charge < -0.3 is 40.6 Å². The molecular formula is C58H28B2N4O5Pt2-6. The molecule has 9 nitrogen and oxygen atoms in total. The molecule has 13 heteroatoms. The van der Waals surface area contributed by atoms with E-state index in [-0.39, 0.29) is 55.6 Å². The molecule has 0 aliphatic carbocycles. The maximum Gasteiger partial charge on any atom is 0.214 e. The molecule has 11 aromatic rings. The van der Waals surface area contributed by atoms with Crippen LogP contribution in [0.15, 0.2) is 175 Å². The van der Waals surface area contributed by atoms with E-state index >= 15 is 0 Å². The van der Waals surface area contributed by atoms with Crippen molar-refractivity contribution in [2.45, 2.75) is 0 Å². The Labute approximate surface area is 437 Å². The number of fused-ring (bicyclic) bond motifs is 8. The van der Waals surface area contributed by atoms with Gasteiger partial charge in [-0.2, -0.15) is 22.3 Å². The summed E-state index contributed by atoms with van der Waals surface area (Å²) in [5, 5.41) is 9.44. The molecule has 342 valence electrons. The Bertz CT molecular complexity index is 3630. The van der Waals surface area contributed by atoms with Gasteiger partial charge in [-0.05, 0) is 46.8 Å². The number of rotatable bonds is 6. The largest absolute Gasteiger partial charge is 0.631 e. The van der Waals surface area contributed by atoms with Crippen molar-refractivity contribution in [3.63, 3.8) is 0 Å². The number of hydrogen-bond donors (Lipinski definition) is 0. The van der Waals surface area contributed by atoms with E-state index in [0.29, 0.717) is 39.9 Å². The summed E-state index contributed by atoms with van der Waals surface area (Å²) >= 11 is 0. The van der Waals surface area contributed by atoms with Gasteiger partial charge in [0.1, 0.15) is 23.0 Å². The van der Waals surface area contributed by atoms with E-state index < -0.39 is 0 Å². The Balaban J connectivity index is 0.00000246. The standard InChI is InChI=1S/C58H28B2N4O5.2Pt/c1-3-9-35(10-4-1)40-30-61-63(32-40)42-19-23-50-46(28-42)59-44-25-37(17-21-48(44)66-52-13-7-15-54(68-50)57(52)59)39-27-56(65-34-39)38-18-22-49-45(26-38)60-47-29-43(64-33-41(31-62-64)36-11-5-2-6-12-36)20-24-51(47)69-55-16-8-14-53(67-49)58(55)60;;/h1-24,30-33H;;/q-6;;. The number of aromatic nitrogens is 4.